The molecule has 6 nitrogen and oxygen atoms in total. The van der Waals surface area contributed by atoms with E-state index >= 15 is 0 Å². The molecule has 0 fully saturated rings. The number of aryl methyl sites for hydroxylation is 2. The lowest BCUT2D eigenvalue weighted by Gasteiger charge is -2.28. The Labute approximate surface area is 153 Å². The first-order valence-electron chi connectivity index (χ1n) is 8.60. The fourth-order valence-electron chi connectivity index (χ4n) is 2.77. The molecule has 0 aromatic carbocycles. The summed E-state index contributed by atoms with van der Waals surface area (Å²) in [6.07, 6.45) is 1.67. The number of nitrogens with zero attached hydrogens (tertiary/aromatic N) is 2. The Morgan fingerprint density at radius 2 is 2.12 bits per heavy atom. The smallest absolute Gasteiger partial charge is 0.230 e. The van der Waals surface area contributed by atoms with Crippen LogP contribution in [0.4, 0.5) is 0 Å². The molecule has 1 atom stereocenters. The zero-order valence-corrected chi connectivity index (χ0v) is 16.2. The van der Waals surface area contributed by atoms with Gasteiger partial charge in [-0.25, -0.2) is 0 Å². The summed E-state index contributed by atoms with van der Waals surface area (Å²) < 4.78 is 10.7. The largest absolute Gasteiger partial charge is 0.468 e. The Balaban J connectivity index is 1.82. The molecule has 2 heterocycles. The van der Waals surface area contributed by atoms with E-state index in [4.69, 9.17) is 8.94 Å². The number of rotatable bonds is 10. The van der Waals surface area contributed by atoms with Crippen LogP contribution < -0.4 is 5.32 Å². The monoisotopic (exact) mass is 365 g/mol. The Morgan fingerprint density at radius 3 is 2.68 bits per heavy atom. The van der Waals surface area contributed by atoms with Gasteiger partial charge in [-0.2, -0.15) is 0 Å². The molecule has 0 saturated carbocycles. The number of furan rings is 1. The van der Waals surface area contributed by atoms with Crippen molar-refractivity contribution in [2.45, 2.75) is 39.5 Å². The maximum absolute atomic E-state index is 12.2. The molecule has 25 heavy (non-hydrogen) atoms. The van der Waals surface area contributed by atoms with E-state index in [1.807, 2.05) is 26.0 Å². The van der Waals surface area contributed by atoms with Crippen LogP contribution in [0, 0.1) is 13.8 Å². The van der Waals surface area contributed by atoms with E-state index in [9.17, 15) is 4.79 Å². The molecule has 0 bridgehead atoms. The molecule has 0 aliphatic carbocycles. The van der Waals surface area contributed by atoms with E-state index < -0.39 is 0 Å². The molecular formula is C18H27N3O3S. The van der Waals surface area contributed by atoms with Crippen LogP contribution >= 0.6 is 11.8 Å². The van der Waals surface area contributed by atoms with Gasteiger partial charge in [0.25, 0.3) is 0 Å². The number of likely N-dealkylation sites (N-methyl/N-ethyl adjacent to an activating group) is 1. The molecule has 2 aromatic rings. The summed E-state index contributed by atoms with van der Waals surface area (Å²) in [5.41, 5.74) is 1.97. The van der Waals surface area contributed by atoms with Gasteiger partial charge in [0.05, 0.1) is 23.8 Å². The highest BCUT2D eigenvalue weighted by Gasteiger charge is 2.21. The van der Waals surface area contributed by atoms with E-state index in [1.165, 1.54) is 0 Å². The number of hydrogen-bond acceptors (Lipinski definition) is 6. The van der Waals surface area contributed by atoms with Crippen molar-refractivity contribution in [2.75, 3.05) is 25.4 Å². The predicted octanol–water partition coefficient (Wildman–Crippen LogP) is 3.32. The van der Waals surface area contributed by atoms with E-state index in [1.54, 1.807) is 18.0 Å². The lowest BCUT2D eigenvalue weighted by Crippen LogP contribution is -2.38. The summed E-state index contributed by atoms with van der Waals surface area (Å²) >= 11 is 1.57. The average Bonchev–Trinajstić information content (AvgIpc) is 3.23. The third-order valence-corrected chi connectivity index (χ3v) is 5.24. The first-order valence-corrected chi connectivity index (χ1v) is 9.75. The van der Waals surface area contributed by atoms with Crippen molar-refractivity contribution in [2.24, 2.45) is 0 Å². The van der Waals surface area contributed by atoms with Gasteiger partial charge in [-0.05, 0) is 39.1 Å². The SMILES string of the molecule is CCN(CC)C(CNC(=O)CSCc1c(C)noc1C)c1ccco1. The molecule has 1 amide bonds. The van der Waals surface area contributed by atoms with Gasteiger partial charge in [-0.1, -0.05) is 19.0 Å². The third-order valence-electron chi connectivity index (χ3n) is 4.28. The van der Waals surface area contributed by atoms with E-state index in [0.29, 0.717) is 12.3 Å². The Kier molecular flexibility index (Phi) is 7.58. The maximum Gasteiger partial charge on any atom is 0.230 e. The fourth-order valence-corrected chi connectivity index (χ4v) is 3.78. The van der Waals surface area contributed by atoms with Gasteiger partial charge < -0.3 is 14.3 Å². The molecule has 0 spiro atoms. The highest BCUT2D eigenvalue weighted by molar-refractivity contribution is 7.99. The van der Waals surface area contributed by atoms with Crippen LogP contribution in [0.15, 0.2) is 27.3 Å². The van der Waals surface area contributed by atoms with Crippen molar-refractivity contribution in [3.8, 4) is 0 Å². The zero-order chi connectivity index (χ0) is 18.2. The number of carbonyl (C=O) groups excluding carboxylic acids is 1. The van der Waals surface area contributed by atoms with Crippen molar-refractivity contribution < 1.29 is 13.7 Å². The molecule has 1 N–H and O–H groups in total. The quantitative estimate of drug-likeness (QED) is 0.696. The lowest BCUT2D eigenvalue weighted by atomic mass is 10.2. The van der Waals surface area contributed by atoms with Crippen molar-refractivity contribution in [1.82, 2.24) is 15.4 Å². The van der Waals surface area contributed by atoms with Gasteiger partial charge in [0, 0.05) is 17.9 Å². The van der Waals surface area contributed by atoms with Gasteiger partial charge in [0.1, 0.15) is 11.5 Å². The van der Waals surface area contributed by atoms with Gasteiger partial charge >= 0.3 is 0 Å². The van der Waals surface area contributed by atoms with Gasteiger partial charge in [0.2, 0.25) is 5.91 Å². The fraction of sp³-hybridized carbons (Fsp3) is 0.556. The molecule has 2 aromatic heterocycles. The Hall–Kier alpha value is -1.73. The van der Waals surface area contributed by atoms with Crippen molar-refractivity contribution >= 4 is 17.7 Å². The summed E-state index contributed by atoms with van der Waals surface area (Å²) in [5, 5.41) is 6.96. The predicted molar refractivity (Wildman–Crippen MR) is 99.5 cm³/mol. The Morgan fingerprint density at radius 1 is 1.36 bits per heavy atom. The van der Waals surface area contributed by atoms with Crippen molar-refractivity contribution in [3.63, 3.8) is 0 Å². The number of thioether (sulfide) groups is 1. The standard InChI is InChI=1S/C18H27N3O3S/c1-5-21(6-2)16(17-8-7-9-23-17)10-19-18(22)12-25-11-15-13(3)20-24-14(15)4/h7-9,16H,5-6,10-12H2,1-4H3,(H,19,22). The number of amides is 1. The number of hydrogen-bond donors (Lipinski definition) is 1. The normalized spacial score (nSPS) is 12.5. The minimum Gasteiger partial charge on any atom is -0.468 e. The zero-order valence-electron chi connectivity index (χ0n) is 15.4. The third kappa shape index (κ3) is 5.37. The van der Waals surface area contributed by atoms with Gasteiger partial charge in [0.15, 0.2) is 0 Å². The van der Waals surface area contributed by atoms with Crippen LogP contribution in [0.25, 0.3) is 0 Å². The number of aromatic nitrogens is 1. The first kappa shape index (κ1) is 19.6. The van der Waals surface area contributed by atoms with Crippen molar-refractivity contribution in [1.29, 1.82) is 0 Å². The van der Waals surface area contributed by atoms with E-state index in [0.717, 1.165) is 41.6 Å². The van der Waals surface area contributed by atoms with Crippen LogP contribution in [-0.2, 0) is 10.5 Å². The summed E-state index contributed by atoms with van der Waals surface area (Å²) in [6.45, 7) is 10.4. The molecule has 1 unspecified atom stereocenters. The highest BCUT2D eigenvalue weighted by Crippen LogP contribution is 2.21. The second kappa shape index (κ2) is 9.68. The molecular weight excluding hydrogens is 338 g/mol. The van der Waals surface area contributed by atoms with Crippen LogP contribution in [0.1, 0.15) is 42.7 Å². The molecule has 138 valence electrons. The molecule has 0 radical (unpaired) electrons. The maximum atomic E-state index is 12.2. The minimum atomic E-state index is 0.0282. The molecule has 7 heteroatoms. The topological polar surface area (TPSA) is 71.5 Å². The lowest BCUT2D eigenvalue weighted by molar-refractivity contribution is -0.118. The number of carbonyl (C=O) groups is 1. The number of nitrogens with one attached hydrogen (secondary N) is 1. The molecule has 0 aliphatic rings. The average molecular weight is 365 g/mol. The minimum absolute atomic E-state index is 0.0282. The van der Waals surface area contributed by atoms with Crippen molar-refractivity contribution in [3.05, 3.63) is 41.2 Å². The summed E-state index contributed by atoms with van der Waals surface area (Å²) in [5.74, 6) is 2.87. The van der Waals surface area contributed by atoms with Gasteiger partial charge in [-0.3, -0.25) is 9.69 Å². The first-order chi connectivity index (χ1) is 12.1. The second-order valence-corrected chi connectivity index (χ2v) is 6.84. The van der Waals surface area contributed by atoms with Crippen LogP contribution in [-0.4, -0.2) is 41.4 Å². The van der Waals surface area contributed by atoms with E-state index in [2.05, 4.69) is 29.2 Å². The Bertz CT molecular complexity index is 631. The van der Waals surface area contributed by atoms with Crippen LogP contribution in [0.3, 0.4) is 0 Å². The molecule has 2 rings (SSSR count). The summed E-state index contributed by atoms with van der Waals surface area (Å²) in [4.78, 5) is 14.5. The summed E-state index contributed by atoms with van der Waals surface area (Å²) in [6, 6.07) is 3.90. The highest BCUT2D eigenvalue weighted by atomic mass is 32.2. The van der Waals surface area contributed by atoms with Crippen LogP contribution in [0.5, 0.6) is 0 Å². The van der Waals surface area contributed by atoms with Crippen LogP contribution in [0.2, 0.25) is 0 Å². The molecule has 0 aliphatic heterocycles. The van der Waals surface area contributed by atoms with E-state index in [-0.39, 0.29) is 11.9 Å². The summed E-state index contributed by atoms with van der Waals surface area (Å²) in [7, 11) is 0. The second-order valence-electron chi connectivity index (χ2n) is 5.85. The van der Waals surface area contributed by atoms with Gasteiger partial charge in [-0.15, -0.1) is 11.8 Å². The molecule has 0 saturated heterocycles.